The Kier molecular flexibility index (Phi) is 5.10. The number of rotatable bonds is 5. The van der Waals surface area contributed by atoms with E-state index in [0.29, 0.717) is 0 Å². The fourth-order valence-electron chi connectivity index (χ4n) is 1.72. The molecule has 0 fully saturated rings. The number of nitrogens with two attached hydrogens (primary N) is 1. The smallest absolute Gasteiger partial charge is 0.0439 e. The summed E-state index contributed by atoms with van der Waals surface area (Å²) in [5.74, 6) is 0. The maximum absolute atomic E-state index is 6.12. The molecule has 2 N–H and O–H groups in total. The van der Waals surface area contributed by atoms with Crippen molar-refractivity contribution in [3.63, 3.8) is 0 Å². The number of benzene rings is 1. The SMILES string of the molecule is CC(C)(CCN)CCc1cc(Cl)ccc1Cl. The van der Waals surface area contributed by atoms with Crippen LogP contribution in [-0.2, 0) is 6.42 Å². The van der Waals surface area contributed by atoms with Crippen molar-refractivity contribution in [2.75, 3.05) is 6.54 Å². The van der Waals surface area contributed by atoms with E-state index in [4.69, 9.17) is 28.9 Å². The Morgan fingerprint density at radius 2 is 1.88 bits per heavy atom. The molecular formula is C13H19Cl2N. The zero-order chi connectivity index (χ0) is 12.2. The fourth-order valence-corrected chi connectivity index (χ4v) is 2.13. The lowest BCUT2D eigenvalue weighted by Crippen LogP contribution is -2.17. The molecule has 16 heavy (non-hydrogen) atoms. The monoisotopic (exact) mass is 259 g/mol. The predicted molar refractivity (Wildman–Crippen MR) is 72.2 cm³/mol. The van der Waals surface area contributed by atoms with E-state index in [2.05, 4.69) is 13.8 Å². The van der Waals surface area contributed by atoms with E-state index in [-0.39, 0.29) is 5.41 Å². The molecule has 0 aliphatic heterocycles. The van der Waals surface area contributed by atoms with E-state index in [1.807, 2.05) is 18.2 Å². The molecule has 0 saturated heterocycles. The van der Waals surface area contributed by atoms with E-state index < -0.39 is 0 Å². The van der Waals surface area contributed by atoms with Gasteiger partial charge in [-0.05, 0) is 55.0 Å². The highest BCUT2D eigenvalue weighted by atomic mass is 35.5. The first-order chi connectivity index (χ1) is 7.44. The van der Waals surface area contributed by atoms with E-state index in [1.165, 1.54) is 0 Å². The van der Waals surface area contributed by atoms with Crippen LogP contribution in [0.4, 0.5) is 0 Å². The summed E-state index contributed by atoms with van der Waals surface area (Å²) < 4.78 is 0. The van der Waals surface area contributed by atoms with Crippen molar-refractivity contribution in [2.45, 2.75) is 33.1 Å². The third-order valence-electron chi connectivity index (χ3n) is 2.90. The van der Waals surface area contributed by atoms with Gasteiger partial charge in [0.2, 0.25) is 0 Å². The molecular weight excluding hydrogens is 241 g/mol. The van der Waals surface area contributed by atoms with Gasteiger partial charge in [0, 0.05) is 10.0 Å². The minimum absolute atomic E-state index is 0.264. The molecule has 1 nitrogen and oxygen atoms in total. The predicted octanol–water partition coefficient (Wildman–Crippen LogP) is 4.30. The topological polar surface area (TPSA) is 26.0 Å². The maximum Gasteiger partial charge on any atom is 0.0439 e. The quantitative estimate of drug-likeness (QED) is 0.839. The minimum Gasteiger partial charge on any atom is -0.330 e. The molecule has 1 aromatic rings. The van der Waals surface area contributed by atoms with Gasteiger partial charge in [-0.1, -0.05) is 37.0 Å². The van der Waals surface area contributed by atoms with Crippen LogP contribution in [0.25, 0.3) is 0 Å². The van der Waals surface area contributed by atoms with Gasteiger partial charge < -0.3 is 5.73 Å². The Hall–Kier alpha value is -0.240. The van der Waals surface area contributed by atoms with E-state index in [9.17, 15) is 0 Å². The van der Waals surface area contributed by atoms with E-state index in [0.717, 1.165) is 41.4 Å². The van der Waals surface area contributed by atoms with E-state index in [1.54, 1.807) is 0 Å². The first-order valence-electron chi connectivity index (χ1n) is 5.58. The van der Waals surface area contributed by atoms with Crippen molar-refractivity contribution in [1.82, 2.24) is 0 Å². The minimum atomic E-state index is 0.264. The summed E-state index contributed by atoms with van der Waals surface area (Å²) in [7, 11) is 0. The summed E-state index contributed by atoms with van der Waals surface area (Å²) in [6.07, 6.45) is 3.06. The zero-order valence-corrected chi connectivity index (χ0v) is 11.4. The van der Waals surface area contributed by atoms with Crippen LogP contribution >= 0.6 is 23.2 Å². The highest BCUT2D eigenvalue weighted by Crippen LogP contribution is 2.29. The first kappa shape index (κ1) is 13.8. The van der Waals surface area contributed by atoms with Crippen molar-refractivity contribution in [3.05, 3.63) is 33.8 Å². The van der Waals surface area contributed by atoms with Crippen molar-refractivity contribution in [2.24, 2.45) is 11.1 Å². The molecule has 0 amide bonds. The molecule has 1 aromatic carbocycles. The van der Waals surface area contributed by atoms with Gasteiger partial charge in [0.15, 0.2) is 0 Å². The van der Waals surface area contributed by atoms with Crippen molar-refractivity contribution < 1.29 is 0 Å². The number of aryl methyl sites for hydroxylation is 1. The molecule has 0 saturated carbocycles. The maximum atomic E-state index is 6.12. The number of hydrogen-bond donors (Lipinski definition) is 1. The van der Waals surface area contributed by atoms with Crippen LogP contribution in [0.2, 0.25) is 10.0 Å². The Bertz CT molecular complexity index is 348. The normalized spacial score (nSPS) is 11.8. The summed E-state index contributed by atoms with van der Waals surface area (Å²) in [5.41, 5.74) is 6.98. The Morgan fingerprint density at radius 3 is 2.50 bits per heavy atom. The van der Waals surface area contributed by atoms with Crippen molar-refractivity contribution in [1.29, 1.82) is 0 Å². The van der Waals surface area contributed by atoms with Gasteiger partial charge in [-0.3, -0.25) is 0 Å². The van der Waals surface area contributed by atoms with Crippen LogP contribution in [0.3, 0.4) is 0 Å². The third kappa shape index (κ3) is 4.32. The molecule has 0 heterocycles. The highest BCUT2D eigenvalue weighted by Gasteiger charge is 2.17. The first-order valence-corrected chi connectivity index (χ1v) is 6.34. The van der Waals surface area contributed by atoms with Crippen molar-refractivity contribution >= 4 is 23.2 Å². The Balaban J connectivity index is 2.63. The second-order valence-corrected chi connectivity index (χ2v) is 5.78. The van der Waals surface area contributed by atoms with Crippen LogP contribution in [0, 0.1) is 5.41 Å². The Labute approximate surface area is 108 Å². The fraction of sp³-hybridized carbons (Fsp3) is 0.538. The largest absolute Gasteiger partial charge is 0.330 e. The van der Waals surface area contributed by atoms with Gasteiger partial charge in [-0.25, -0.2) is 0 Å². The van der Waals surface area contributed by atoms with Gasteiger partial charge >= 0.3 is 0 Å². The van der Waals surface area contributed by atoms with Crippen molar-refractivity contribution in [3.8, 4) is 0 Å². The third-order valence-corrected chi connectivity index (χ3v) is 3.50. The van der Waals surface area contributed by atoms with Crippen LogP contribution in [0.15, 0.2) is 18.2 Å². The van der Waals surface area contributed by atoms with Gasteiger partial charge in [0.1, 0.15) is 0 Å². The average Bonchev–Trinajstić information content (AvgIpc) is 2.19. The van der Waals surface area contributed by atoms with Gasteiger partial charge in [0.25, 0.3) is 0 Å². The van der Waals surface area contributed by atoms with Gasteiger partial charge in [0.05, 0.1) is 0 Å². The molecule has 0 bridgehead atoms. The zero-order valence-electron chi connectivity index (χ0n) is 9.89. The molecule has 0 aromatic heterocycles. The summed E-state index contributed by atoms with van der Waals surface area (Å²) in [4.78, 5) is 0. The lowest BCUT2D eigenvalue weighted by molar-refractivity contribution is 0.313. The second-order valence-electron chi connectivity index (χ2n) is 4.94. The molecule has 0 aliphatic rings. The lowest BCUT2D eigenvalue weighted by Gasteiger charge is -2.24. The van der Waals surface area contributed by atoms with Gasteiger partial charge in [-0.15, -0.1) is 0 Å². The van der Waals surface area contributed by atoms with Gasteiger partial charge in [-0.2, -0.15) is 0 Å². The number of halogens is 2. The van der Waals surface area contributed by atoms with E-state index >= 15 is 0 Å². The number of hydrogen-bond acceptors (Lipinski definition) is 1. The average molecular weight is 260 g/mol. The molecule has 1 rings (SSSR count). The molecule has 3 heteroatoms. The molecule has 0 radical (unpaired) electrons. The molecule has 0 aliphatic carbocycles. The Morgan fingerprint density at radius 1 is 1.19 bits per heavy atom. The van der Waals surface area contributed by atoms with Crippen LogP contribution in [0.5, 0.6) is 0 Å². The summed E-state index contributed by atoms with van der Waals surface area (Å²) >= 11 is 12.1. The van der Waals surface area contributed by atoms with Crippen LogP contribution in [0.1, 0.15) is 32.3 Å². The molecule has 0 atom stereocenters. The summed E-state index contributed by atoms with van der Waals surface area (Å²) in [6.45, 7) is 5.20. The van der Waals surface area contributed by atoms with Crippen LogP contribution < -0.4 is 5.73 Å². The summed E-state index contributed by atoms with van der Waals surface area (Å²) in [6, 6.07) is 5.62. The molecule has 0 spiro atoms. The summed E-state index contributed by atoms with van der Waals surface area (Å²) in [5, 5.41) is 1.55. The lowest BCUT2D eigenvalue weighted by atomic mass is 9.83. The second kappa shape index (κ2) is 5.90. The standard InChI is InChI=1S/C13H19Cl2N/c1-13(2,7-8-16)6-5-10-9-11(14)3-4-12(10)15/h3-4,9H,5-8,16H2,1-2H3. The highest BCUT2D eigenvalue weighted by molar-refractivity contribution is 6.33. The van der Waals surface area contributed by atoms with Crippen LogP contribution in [-0.4, -0.2) is 6.54 Å². The molecule has 90 valence electrons. The molecule has 0 unspecified atom stereocenters.